The minimum absolute atomic E-state index is 0.241. The van der Waals surface area contributed by atoms with Crippen LogP contribution in [-0.4, -0.2) is 6.61 Å². The molecule has 0 spiro atoms. The lowest BCUT2D eigenvalue weighted by molar-refractivity contribution is 0.301. The Kier molecular flexibility index (Phi) is 4.84. The maximum absolute atomic E-state index is 13.7. The lowest BCUT2D eigenvalue weighted by Gasteiger charge is -2.13. The van der Waals surface area contributed by atoms with Crippen LogP contribution in [0.25, 0.3) is 0 Å². The Hall–Kier alpha value is -1.75. The molecule has 5 heteroatoms. The molecule has 108 valence electrons. The highest BCUT2D eigenvalue weighted by atomic mass is 32.1. The molecule has 0 saturated carbocycles. The fourth-order valence-electron chi connectivity index (χ4n) is 1.80. The minimum Gasteiger partial charge on any atom is -0.490 e. The van der Waals surface area contributed by atoms with Crippen LogP contribution in [0, 0.1) is 12.7 Å². The van der Waals surface area contributed by atoms with Crippen LogP contribution >= 0.6 is 11.3 Å². The second-order valence-corrected chi connectivity index (χ2v) is 5.40. The lowest BCUT2D eigenvalue weighted by Crippen LogP contribution is -2.05. The van der Waals surface area contributed by atoms with Gasteiger partial charge in [-0.15, -0.1) is 0 Å². The second kappa shape index (κ2) is 6.61. The van der Waals surface area contributed by atoms with E-state index in [9.17, 15) is 4.39 Å². The largest absolute Gasteiger partial charge is 0.490 e. The van der Waals surface area contributed by atoms with Crippen LogP contribution in [0.5, 0.6) is 5.75 Å². The summed E-state index contributed by atoms with van der Waals surface area (Å²) in [7, 11) is 0. The number of nitrogens with two attached hydrogens (primary N) is 1. The fourth-order valence-corrected chi connectivity index (χ4v) is 2.66. The van der Waals surface area contributed by atoms with Gasteiger partial charge in [0.2, 0.25) is 0 Å². The van der Waals surface area contributed by atoms with Gasteiger partial charge in [0.1, 0.15) is 0 Å². The first kappa shape index (κ1) is 14.7. The van der Waals surface area contributed by atoms with Crippen molar-refractivity contribution >= 4 is 22.7 Å². The van der Waals surface area contributed by atoms with Crippen LogP contribution in [0.2, 0.25) is 0 Å². The van der Waals surface area contributed by atoms with Crippen molar-refractivity contribution in [2.24, 2.45) is 0 Å². The first-order valence-electron chi connectivity index (χ1n) is 6.59. The summed E-state index contributed by atoms with van der Waals surface area (Å²) in [5, 5.41) is 7.43. The van der Waals surface area contributed by atoms with Gasteiger partial charge in [0.05, 0.1) is 18.0 Å². The van der Waals surface area contributed by atoms with E-state index >= 15 is 0 Å². The number of aryl methyl sites for hydroxylation is 1. The lowest BCUT2D eigenvalue weighted by atomic mass is 10.2. The maximum Gasteiger partial charge on any atom is 0.167 e. The Morgan fingerprint density at radius 3 is 2.80 bits per heavy atom. The molecule has 0 saturated heterocycles. The van der Waals surface area contributed by atoms with Crippen LogP contribution in [0.15, 0.2) is 22.9 Å². The van der Waals surface area contributed by atoms with Crippen LogP contribution in [0.4, 0.5) is 15.8 Å². The van der Waals surface area contributed by atoms with Gasteiger partial charge in [0.25, 0.3) is 0 Å². The molecule has 2 aromatic rings. The minimum atomic E-state index is -0.423. The van der Waals surface area contributed by atoms with Crippen molar-refractivity contribution in [2.75, 3.05) is 17.7 Å². The molecule has 0 aliphatic heterocycles. The van der Waals surface area contributed by atoms with Crippen molar-refractivity contribution in [2.45, 2.75) is 26.8 Å². The van der Waals surface area contributed by atoms with E-state index in [0.29, 0.717) is 24.5 Å². The molecule has 1 aromatic carbocycles. The summed E-state index contributed by atoms with van der Waals surface area (Å²) in [5.41, 5.74) is 9.39. The smallest absolute Gasteiger partial charge is 0.167 e. The highest BCUT2D eigenvalue weighted by Crippen LogP contribution is 2.29. The summed E-state index contributed by atoms with van der Waals surface area (Å²) in [6.45, 7) is 5.20. The van der Waals surface area contributed by atoms with E-state index in [-0.39, 0.29) is 5.75 Å². The van der Waals surface area contributed by atoms with E-state index in [1.165, 1.54) is 17.2 Å². The normalized spacial score (nSPS) is 10.6. The monoisotopic (exact) mass is 294 g/mol. The standard InChI is InChI=1S/C15H19FN2OS/c1-3-4-19-15-6-14(13(17)5-12(15)16)18-7-11-9-20-8-10(11)2/h5-6,8-9,18H,3-4,7,17H2,1-2H3. The van der Waals surface area contributed by atoms with Gasteiger partial charge in [0, 0.05) is 18.7 Å². The van der Waals surface area contributed by atoms with E-state index in [2.05, 4.69) is 23.0 Å². The predicted molar refractivity (Wildman–Crippen MR) is 83.0 cm³/mol. The Bertz CT molecular complexity index is 583. The van der Waals surface area contributed by atoms with Gasteiger partial charge >= 0.3 is 0 Å². The van der Waals surface area contributed by atoms with Crippen LogP contribution in [0.3, 0.4) is 0 Å². The Morgan fingerprint density at radius 1 is 1.35 bits per heavy atom. The summed E-state index contributed by atoms with van der Waals surface area (Å²) in [5.74, 6) is -0.182. The molecule has 0 unspecified atom stereocenters. The van der Waals surface area contributed by atoms with E-state index in [0.717, 1.165) is 6.42 Å². The zero-order valence-corrected chi connectivity index (χ0v) is 12.5. The molecule has 0 aliphatic rings. The Morgan fingerprint density at radius 2 is 2.15 bits per heavy atom. The zero-order chi connectivity index (χ0) is 14.5. The first-order chi connectivity index (χ1) is 9.61. The van der Waals surface area contributed by atoms with Crippen molar-refractivity contribution in [3.63, 3.8) is 0 Å². The molecule has 0 aliphatic carbocycles. The van der Waals surface area contributed by atoms with Crippen LogP contribution in [0.1, 0.15) is 24.5 Å². The van der Waals surface area contributed by atoms with Gasteiger partial charge in [-0.05, 0) is 35.2 Å². The summed E-state index contributed by atoms with van der Waals surface area (Å²) in [6, 6.07) is 2.93. The van der Waals surface area contributed by atoms with Crippen LogP contribution in [-0.2, 0) is 6.54 Å². The molecule has 0 bridgehead atoms. The molecule has 0 radical (unpaired) electrons. The van der Waals surface area contributed by atoms with Gasteiger partial charge in [0.15, 0.2) is 11.6 Å². The highest BCUT2D eigenvalue weighted by Gasteiger charge is 2.09. The van der Waals surface area contributed by atoms with Gasteiger partial charge in [-0.1, -0.05) is 6.92 Å². The maximum atomic E-state index is 13.7. The first-order valence-corrected chi connectivity index (χ1v) is 7.53. The van der Waals surface area contributed by atoms with Crippen molar-refractivity contribution < 1.29 is 9.13 Å². The molecule has 0 fully saturated rings. The molecular formula is C15H19FN2OS. The highest BCUT2D eigenvalue weighted by molar-refractivity contribution is 7.08. The molecule has 20 heavy (non-hydrogen) atoms. The molecule has 1 aromatic heterocycles. The predicted octanol–water partition coefficient (Wildman–Crippen LogP) is 4.18. The van der Waals surface area contributed by atoms with Crippen LogP contribution < -0.4 is 15.8 Å². The Balaban J connectivity index is 2.12. The number of nitrogen functional groups attached to an aromatic ring is 1. The van der Waals surface area contributed by atoms with Gasteiger partial charge in [-0.2, -0.15) is 11.3 Å². The number of thiophene rings is 1. The molecule has 0 atom stereocenters. The van der Waals surface area contributed by atoms with Crippen molar-refractivity contribution in [1.82, 2.24) is 0 Å². The number of nitrogens with one attached hydrogen (secondary N) is 1. The average molecular weight is 294 g/mol. The zero-order valence-electron chi connectivity index (χ0n) is 11.7. The quantitative estimate of drug-likeness (QED) is 0.786. The van der Waals surface area contributed by atoms with E-state index in [4.69, 9.17) is 10.5 Å². The van der Waals surface area contributed by atoms with Gasteiger partial charge in [-0.25, -0.2) is 4.39 Å². The number of halogens is 1. The average Bonchev–Trinajstić information content (AvgIpc) is 2.82. The molecule has 1 heterocycles. The van der Waals surface area contributed by atoms with E-state index < -0.39 is 5.82 Å². The van der Waals surface area contributed by atoms with Crippen molar-refractivity contribution in [3.05, 3.63) is 39.8 Å². The molecule has 3 nitrogen and oxygen atoms in total. The van der Waals surface area contributed by atoms with E-state index in [1.54, 1.807) is 17.4 Å². The van der Waals surface area contributed by atoms with Crippen molar-refractivity contribution in [3.8, 4) is 5.75 Å². The third-order valence-corrected chi connectivity index (χ3v) is 3.91. The summed E-state index contributed by atoms with van der Waals surface area (Å²) >= 11 is 1.67. The third kappa shape index (κ3) is 3.42. The van der Waals surface area contributed by atoms with Crippen molar-refractivity contribution in [1.29, 1.82) is 0 Å². The number of anilines is 2. The fraction of sp³-hybridized carbons (Fsp3) is 0.333. The number of ether oxygens (including phenoxy) is 1. The molecule has 3 N–H and O–H groups in total. The summed E-state index contributed by atoms with van der Waals surface area (Å²) in [6.07, 6.45) is 0.834. The number of hydrogen-bond acceptors (Lipinski definition) is 4. The summed E-state index contributed by atoms with van der Waals surface area (Å²) < 4.78 is 19.1. The summed E-state index contributed by atoms with van der Waals surface area (Å²) in [4.78, 5) is 0. The molecule has 0 amide bonds. The number of rotatable bonds is 6. The number of benzene rings is 1. The van der Waals surface area contributed by atoms with E-state index in [1.807, 2.05) is 6.92 Å². The third-order valence-electron chi connectivity index (χ3n) is 3.00. The SMILES string of the molecule is CCCOc1cc(NCc2cscc2C)c(N)cc1F. The molecule has 2 rings (SSSR count). The topological polar surface area (TPSA) is 47.3 Å². The van der Waals surface area contributed by atoms with Gasteiger partial charge < -0.3 is 15.8 Å². The Labute approximate surface area is 122 Å². The molecular weight excluding hydrogens is 275 g/mol. The van der Waals surface area contributed by atoms with Gasteiger partial charge in [-0.3, -0.25) is 0 Å². The number of hydrogen-bond donors (Lipinski definition) is 2. The second-order valence-electron chi connectivity index (χ2n) is 4.65.